The van der Waals surface area contributed by atoms with Gasteiger partial charge in [-0.05, 0) is 110 Å². The number of pyridine rings is 1. The van der Waals surface area contributed by atoms with E-state index in [1.165, 1.54) is 11.1 Å². The molecule has 1 N–H and O–H groups in total. The molecule has 0 aliphatic heterocycles. The number of nitrogens with zero attached hydrogens (tertiary/aromatic N) is 3. The summed E-state index contributed by atoms with van der Waals surface area (Å²) in [5, 5.41) is 11.7. The summed E-state index contributed by atoms with van der Waals surface area (Å²) in [5.41, 5.74) is 17.3. The summed E-state index contributed by atoms with van der Waals surface area (Å²) in [6.07, 6.45) is 1.92. The van der Waals surface area contributed by atoms with E-state index in [0.717, 1.165) is 78.0 Å². The Bertz CT molecular complexity index is 3310. The predicted molar refractivity (Wildman–Crippen MR) is 270 cm³/mol. The van der Waals surface area contributed by atoms with Gasteiger partial charge in [-0.3, -0.25) is 9.55 Å². The van der Waals surface area contributed by atoms with Gasteiger partial charge in [0.05, 0.1) is 28.0 Å². The number of phenols is 1. The molecule has 316 valence electrons. The number of phenolic OH excluding ortho intramolecular Hbond substituents is 1. The molecule has 0 unspecified atom stereocenters. The second-order valence-electron chi connectivity index (χ2n) is 18.5. The molecular formula is C61H51N3O. The minimum Gasteiger partial charge on any atom is -0.507 e. The molecule has 0 atom stereocenters. The molecule has 4 nitrogen and oxygen atoms in total. The molecule has 10 rings (SSSR count). The fourth-order valence-corrected chi connectivity index (χ4v) is 9.07. The molecule has 0 fully saturated rings. The average molecular weight is 842 g/mol. The van der Waals surface area contributed by atoms with E-state index in [4.69, 9.17) is 9.97 Å². The largest absolute Gasteiger partial charge is 0.507 e. The third-order valence-electron chi connectivity index (χ3n) is 12.9. The zero-order valence-corrected chi connectivity index (χ0v) is 37.5. The van der Waals surface area contributed by atoms with Crippen LogP contribution in [0, 0.1) is 0 Å². The van der Waals surface area contributed by atoms with Crippen LogP contribution < -0.4 is 0 Å². The number of hydrogen-bond acceptors (Lipinski definition) is 3. The Labute approximate surface area is 382 Å². The Kier molecular flexibility index (Phi) is 10.6. The molecule has 10 aromatic rings. The van der Waals surface area contributed by atoms with Crippen molar-refractivity contribution in [3.05, 3.63) is 229 Å². The highest BCUT2D eigenvalue weighted by molar-refractivity contribution is 5.98. The number of para-hydroxylation sites is 2. The molecule has 0 saturated heterocycles. The molecule has 0 aliphatic carbocycles. The first-order valence-electron chi connectivity index (χ1n) is 22.4. The zero-order chi connectivity index (χ0) is 44.7. The summed E-state index contributed by atoms with van der Waals surface area (Å²) in [6, 6.07) is 72.5. The van der Waals surface area contributed by atoms with Gasteiger partial charge in [-0.15, -0.1) is 0 Å². The minimum absolute atomic E-state index is 0.126. The van der Waals surface area contributed by atoms with Gasteiger partial charge < -0.3 is 5.11 Å². The van der Waals surface area contributed by atoms with Crippen LogP contribution in [0.4, 0.5) is 0 Å². The molecule has 0 aliphatic rings. The van der Waals surface area contributed by atoms with Crippen LogP contribution in [-0.4, -0.2) is 19.6 Å². The highest BCUT2D eigenvalue weighted by Gasteiger charge is 2.25. The third kappa shape index (κ3) is 7.93. The van der Waals surface area contributed by atoms with E-state index in [0.29, 0.717) is 11.4 Å². The first kappa shape index (κ1) is 41.2. The summed E-state index contributed by atoms with van der Waals surface area (Å²) in [6.45, 7) is 11.1. The number of benzene rings is 8. The average Bonchev–Trinajstić information content (AvgIpc) is 3.74. The Hall–Kier alpha value is -7.82. The van der Waals surface area contributed by atoms with Gasteiger partial charge >= 0.3 is 0 Å². The van der Waals surface area contributed by atoms with Crippen molar-refractivity contribution in [3.63, 3.8) is 0 Å². The van der Waals surface area contributed by atoms with E-state index in [2.05, 4.69) is 227 Å². The summed E-state index contributed by atoms with van der Waals surface area (Å²) in [4.78, 5) is 10.5. The van der Waals surface area contributed by atoms with Crippen molar-refractivity contribution in [2.24, 2.45) is 0 Å². The maximum absolute atomic E-state index is 11.7. The van der Waals surface area contributed by atoms with Crippen LogP contribution in [0.1, 0.15) is 51.3 Å². The highest BCUT2D eigenvalue weighted by Crippen LogP contribution is 2.43. The number of hydrogen-bond donors (Lipinski definition) is 1. The van der Waals surface area contributed by atoms with Gasteiger partial charge in [0.2, 0.25) is 0 Å². The monoisotopic (exact) mass is 841 g/mol. The van der Waals surface area contributed by atoms with Crippen molar-refractivity contribution in [1.29, 1.82) is 0 Å². The topological polar surface area (TPSA) is 50.9 Å². The number of aromatic nitrogens is 3. The van der Waals surface area contributed by atoms with Crippen LogP contribution in [0.5, 0.6) is 5.75 Å². The molecule has 2 heterocycles. The lowest BCUT2D eigenvalue weighted by atomic mass is 9.78. The van der Waals surface area contributed by atoms with Crippen LogP contribution in [-0.2, 0) is 10.8 Å². The normalized spacial score (nSPS) is 11.8. The van der Waals surface area contributed by atoms with E-state index in [9.17, 15) is 5.11 Å². The lowest BCUT2D eigenvalue weighted by Crippen LogP contribution is -2.18. The number of imidazole rings is 1. The van der Waals surface area contributed by atoms with Crippen LogP contribution >= 0.6 is 0 Å². The van der Waals surface area contributed by atoms with Crippen LogP contribution in [0.15, 0.2) is 212 Å². The summed E-state index contributed by atoms with van der Waals surface area (Å²) < 4.78 is 2.22. The zero-order valence-electron chi connectivity index (χ0n) is 37.5. The molecule has 8 aromatic carbocycles. The summed E-state index contributed by atoms with van der Waals surface area (Å²) >= 11 is 0. The van der Waals surface area contributed by atoms with Crippen molar-refractivity contribution in [2.75, 3.05) is 0 Å². The van der Waals surface area contributed by atoms with Crippen molar-refractivity contribution in [1.82, 2.24) is 14.5 Å². The maximum Gasteiger partial charge on any atom is 0.149 e. The lowest BCUT2D eigenvalue weighted by molar-refractivity contribution is 0.475. The second kappa shape index (κ2) is 16.7. The van der Waals surface area contributed by atoms with Gasteiger partial charge in [-0.1, -0.05) is 186 Å². The van der Waals surface area contributed by atoms with Crippen molar-refractivity contribution in [2.45, 2.75) is 45.4 Å². The molecule has 0 bridgehead atoms. The SMILES string of the molecule is CC(C)(C)c1ccc(O)c(-c2nc3c(-c4cc(-c5ccccc5)cc(-c5cc(-c6ccc(C(C)(C)c7ccccc7)cc6)ccn5)c4)cccc3n2-c2ccccc2-c2ccccc2)c1. The molecule has 0 amide bonds. The molecule has 0 radical (unpaired) electrons. The molecule has 65 heavy (non-hydrogen) atoms. The Balaban J connectivity index is 1.15. The number of aromatic hydroxyl groups is 1. The number of rotatable bonds is 9. The smallest absolute Gasteiger partial charge is 0.149 e. The van der Waals surface area contributed by atoms with Gasteiger partial charge in [-0.25, -0.2) is 4.98 Å². The Morgan fingerprint density at radius 2 is 1.00 bits per heavy atom. The molecule has 0 spiro atoms. The predicted octanol–water partition coefficient (Wildman–Crippen LogP) is 15.8. The van der Waals surface area contributed by atoms with Crippen molar-refractivity contribution < 1.29 is 5.11 Å². The van der Waals surface area contributed by atoms with Crippen LogP contribution in [0.3, 0.4) is 0 Å². The third-order valence-corrected chi connectivity index (χ3v) is 12.9. The van der Waals surface area contributed by atoms with Gasteiger partial charge in [0.1, 0.15) is 11.6 Å². The molecule has 0 saturated carbocycles. The molecule has 2 aromatic heterocycles. The standard InChI is InChI=1S/C61H51N3O/c1-60(2,3)50-32-33-57(65)53(40-50)59-63-58-52(25-17-27-56(58)64(59)55-26-16-15-24-51(55)43-20-11-7-12-21-43)46-36-45(41-18-9-6-10-19-41)37-47(38-46)54-39-44(34-35-62-54)42-28-30-49(31-29-42)61(4,5)48-22-13-8-14-23-48/h6-40,65H,1-5H3. The fourth-order valence-electron chi connectivity index (χ4n) is 9.07. The highest BCUT2D eigenvalue weighted by atomic mass is 16.3. The number of fused-ring (bicyclic) bond motifs is 1. The van der Waals surface area contributed by atoms with Gasteiger partial charge in [0, 0.05) is 28.3 Å². The molecular weight excluding hydrogens is 791 g/mol. The van der Waals surface area contributed by atoms with Gasteiger partial charge in [0.15, 0.2) is 0 Å². The van der Waals surface area contributed by atoms with Crippen LogP contribution in [0.25, 0.3) is 83.9 Å². The lowest BCUT2D eigenvalue weighted by Gasteiger charge is -2.26. The second-order valence-corrected chi connectivity index (χ2v) is 18.5. The minimum atomic E-state index is -0.144. The Morgan fingerprint density at radius 3 is 1.72 bits per heavy atom. The Morgan fingerprint density at radius 1 is 0.415 bits per heavy atom. The first-order valence-corrected chi connectivity index (χ1v) is 22.4. The fraction of sp³-hybridized carbons (Fsp3) is 0.115. The quantitative estimate of drug-likeness (QED) is 0.157. The van der Waals surface area contributed by atoms with E-state index >= 15 is 0 Å². The van der Waals surface area contributed by atoms with E-state index < -0.39 is 0 Å². The summed E-state index contributed by atoms with van der Waals surface area (Å²) in [7, 11) is 0. The maximum atomic E-state index is 11.7. The van der Waals surface area contributed by atoms with E-state index in [1.54, 1.807) is 6.07 Å². The first-order chi connectivity index (χ1) is 31.5. The summed E-state index contributed by atoms with van der Waals surface area (Å²) in [5.74, 6) is 0.855. The van der Waals surface area contributed by atoms with Crippen molar-refractivity contribution in [3.8, 4) is 78.6 Å². The van der Waals surface area contributed by atoms with Crippen LogP contribution in [0.2, 0.25) is 0 Å². The van der Waals surface area contributed by atoms with E-state index in [1.807, 2.05) is 18.3 Å². The van der Waals surface area contributed by atoms with E-state index in [-0.39, 0.29) is 16.6 Å². The van der Waals surface area contributed by atoms with Crippen molar-refractivity contribution >= 4 is 11.0 Å². The van der Waals surface area contributed by atoms with Gasteiger partial charge in [0.25, 0.3) is 0 Å². The van der Waals surface area contributed by atoms with Gasteiger partial charge in [-0.2, -0.15) is 0 Å². The molecule has 4 heteroatoms.